The van der Waals surface area contributed by atoms with Gasteiger partial charge in [-0.15, -0.1) is 0 Å². The molecule has 2 aromatic carbocycles. The third kappa shape index (κ3) is 4.35. The van der Waals surface area contributed by atoms with Gasteiger partial charge in [0.2, 0.25) is 0 Å². The zero-order chi connectivity index (χ0) is 15.1. The molecule has 0 heterocycles. The van der Waals surface area contributed by atoms with Crippen LogP contribution in [0.4, 0.5) is 5.69 Å². The summed E-state index contributed by atoms with van der Waals surface area (Å²) in [7, 11) is 0. The summed E-state index contributed by atoms with van der Waals surface area (Å²) in [6.45, 7) is 0.190. The molecule has 0 radical (unpaired) electrons. The number of anilines is 1. The Kier molecular flexibility index (Phi) is 4.93. The summed E-state index contributed by atoms with van der Waals surface area (Å²) in [5, 5.41) is 2.86. The van der Waals surface area contributed by atoms with Crippen molar-refractivity contribution in [2.24, 2.45) is 5.73 Å². The normalized spacial score (nSPS) is 9.90. The molecule has 0 saturated carbocycles. The van der Waals surface area contributed by atoms with Crippen LogP contribution in [0.3, 0.4) is 0 Å². The number of esters is 1. The Bertz CT molecular complexity index is 626. The Labute approximate surface area is 122 Å². The van der Waals surface area contributed by atoms with Gasteiger partial charge < -0.3 is 15.8 Å². The third-order valence-electron chi connectivity index (χ3n) is 2.86. The molecule has 0 aliphatic rings. The summed E-state index contributed by atoms with van der Waals surface area (Å²) in [6, 6.07) is 16.2. The molecule has 1 amide bonds. The highest BCUT2D eigenvalue weighted by atomic mass is 16.5. The molecule has 0 unspecified atom stereocenters. The van der Waals surface area contributed by atoms with E-state index in [1.165, 1.54) is 0 Å². The van der Waals surface area contributed by atoms with Gasteiger partial charge in [0, 0.05) is 5.69 Å². The number of primary amides is 1. The molecule has 2 rings (SSSR count). The molecule has 0 aromatic heterocycles. The lowest BCUT2D eigenvalue weighted by molar-refractivity contribution is -0.142. The topological polar surface area (TPSA) is 81.4 Å². The number of benzene rings is 2. The summed E-state index contributed by atoms with van der Waals surface area (Å²) >= 11 is 0. The number of hydrogen-bond acceptors (Lipinski definition) is 4. The fourth-order valence-electron chi connectivity index (χ4n) is 1.81. The fourth-order valence-corrected chi connectivity index (χ4v) is 1.81. The lowest BCUT2D eigenvalue weighted by Crippen LogP contribution is -2.20. The number of para-hydroxylation sites is 1. The minimum Gasteiger partial charge on any atom is -0.460 e. The van der Waals surface area contributed by atoms with Gasteiger partial charge in [0.05, 0.1) is 5.56 Å². The maximum atomic E-state index is 11.7. The molecule has 0 aliphatic carbocycles. The molecule has 3 N–H and O–H groups in total. The van der Waals surface area contributed by atoms with Crippen LogP contribution in [0.15, 0.2) is 54.6 Å². The van der Waals surface area contributed by atoms with Crippen molar-refractivity contribution in [3.05, 3.63) is 65.7 Å². The summed E-state index contributed by atoms with van der Waals surface area (Å²) in [5.41, 5.74) is 7.04. The minimum atomic E-state index is -0.546. The van der Waals surface area contributed by atoms with Crippen LogP contribution in [0.25, 0.3) is 0 Å². The van der Waals surface area contributed by atoms with Crippen molar-refractivity contribution in [2.45, 2.75) is 6.61 Å². The van der Waals surface area contributed by atoms with Crippen LogP contribution in [0, 0.1) is 0 Å². The molecule has 0 saturated heterocycles. The second kappa shape index (κ2) is 7.09. The van der Waals surface area contributed by atoms with E-state index in [2.05, 4.69) is 5.32 Å². The van der Waals surface area contributed by atoms with E-state index >= 15 is 0 Å². The number of ether oxygens (including phenoxy) is 1. The lowest BCUT2D eigenvalue weighted by Gasteiger charge is -2.10. The van der Waals surface area contributed by atoms with Crippen LogP contribution in [0.2, 0.25) is 0 Å². The van der Waals surface area contributed by atoms with E-state index in [1.807, 2.05) is 30.3 Å². The van der Waals surface area contributed by atoms with Crippen molar-refractivity contribution >= 4 is 17.6 Å². The van der Waals surface area contributed by atoms with E-state index < -0.39 is 11.9 Å². The minimum absolute atomic E-state index is 0.0306. The number of amides is 1. The highest BCUT2D eigenvalue weighted by Gasteiger charge is 2.09. The average Bonchev–Trinajstić information content (AvgIpc) is 2.52. The quantitative estimate of drug-likeness (QED) is 0.794. The molecule has 0 spiro atoms. The largest absolute Gasteiger partial charge is 0.460 e. The van der Waals surface area contributed by atoms with Crippen molar-refractivity contribution in [2.75, 3.05) is 11.9 Å². The Morgan fingerprint density at radius 1 is 1.00 bits per heavy atom. The van der Waals surface area contributed by atoms with Gasteiger partial charge in [0.15, 0.2) is 0 Å². The molecule has 21 heavy (non-hydrogen) atoms. The van der Waals surface area contributed by atoms with Crippen LogP contribution < -0.4 is 11.1 Å². The number of hydrogen-bond donors (Lipinski definition) is 2. The summed E-state index contributed by atoms with van der Waals surface area (Å²) in [5.74, 6) is -0.950. The van der Waals surface area contributed by atoms with Crippen molar-refractivity contribution in [3.63, 3.8) is 0 Å². The number of nitrogens with two attached hydrogens (primary N) is 1. The summed E-state index contributed by atoms with van der Waals surface area (Å²) in [6.07, 6.45) is 0. The van der Waals surface area contributed by atoms with Gasteiger partial charge in [0.1, 0.15) is 13.2 Å². The standard InChI is InChI=1S/C16H16N2O3/c17-16(20)13-8-4-5-9-14(13)18-10-15(19)21-11-12-6-2-1-3-7-12/h1-9,18H,10-11H2,(H2,17,20). The van der Waals surface area contributed by atoms with Crippen LogP contribution in [-0.2, 0) is 16.1 Å². The highest BCUT2D eigenvalue weighted by molar-refractivity contribution is 5.98. The molecule has 0 aliphatic heterocycles. The van der Waals surface area contributed by atoms with E-state index in [4.69, 9.17) is 10.5 Å². The van der Waals surface area contributed by atoms with Gasteiger partial charge >= 0.3 is 5.97 Å². The van der Waals surface area contributed by atoms with Gasteiger partial charge in [-0.2, -0.15) is 0 Å². The smallest absolute Gasteiger partial charge is 0.325 e. The van der Waals surface area contributed by atoms with E-state index in [-0.39, 0.29) is 13.2 Å². The first kappa shape index (κ1) is 14.6. The molecule has 0 fully saturated rings. The molecular formula is C16H16N2O3. The van der Waals surface area contributed by atoms with Crippen molar-refractivity contribution in [3.8, 4) is 0 Å². The SMILES string of the molecule is NC(=O)c1ccccc1NCC(=O)OCc1ccccc1. The summed E-state index contributed by atoms with van der Waals surface area (Å²) < 4.78 is 5.13. The van der Waals surface area contributed by atoms with Crippen molar-refractivity contribution in [1.29, 1.82) is 0 Å². The molecule has 0 atom stereocenters. The van der Waals surface area contributed by atoms with E-state index in [1.54, 1.807) is 24.3 Å². The predicted octanol–water partition coefficient (Wildman–Crippen LogP) is 1.94. The van der Waals surface area contributed by atoms with Crippen molar-refractivity contribution < 1.29 is 14.3 Å². The molecule has 2 aromatic rings. The Morgan fingerprint density at radius 2 is 1.67 bits per heavy atom. The predicted molar refractivity (Wildman–Crippen MR) is 79.7 cm³/mol. The van der Waals surface area contributed by atoms with E-state index in [0.29, 0.717) is 11.3 Å². The molecule has 5 nitrogen and oxygen atoms in total. The van der Waals surface area contributed by atoms with E-state index in [0.717, 1.165) is 5.56 Å². The number of rotatable bonds is 6. The van der Waals surface area contributed by atoms with Crippen LogP contribution >= 0.6 is 0 Å². The highest BCUT2D eigenvalue weighted by Crippen LogP contribution is 2.13. The zero-order valence-electron chi connectivity index (χ0n) is 11.4. The van der Waals surface area contributed by atoms with Gasteiger partial charge in [-0.05, 0) is 17.7 Å². The third-order valence-corrected chi connectivity index (χ3v) is 2.86. The van der Waals surface area contributed by atoms with Gasteiger partial charge in [-0.25, -0.2) is 0 Å². The number of carbonyl (C=O) groups is 2. The number of nitrogens with one attached hydrogen (secondary N) is 1. The maximum Gasteiger partial charge on any atom is 0.325 e. The fraction of sp³-hybridized carbons (Fsp3) is 0.125. The zero-order valence-corrected chi connectivity index (χ0v) is 11.4. The number of carbonyl (C=O) groups excluding carboxylic acids is 2. The van der Waals surface area contributed by atoms with Crippen LogP contribution in [0.1, 0.15) is 15.9 Å². The van der Waals surface area contributed by atoms with Crippen LogP contribution in [0.5, 0.6) is 0 Å². The lowest BCUT2D eigenvalue weighted by atomic mass is 10.1. The molecule has 108 valence electrons. The second-order valence-electron chi connectivity index (χ2n) is 4.41. The summed E-state index contributed by atoms with van der Waals surface area (Å²) in [4.78, 5) is 22.9. The maximum absolute atomic E-state index is 11.7. The first-order valence-electron chi connectivity index (χ1n) is 6.49. The molecular weight excluding hydrogens is 268 g/mol. The van der Waals surface area contributed by atoms with Gasteiger partial charge in [0.25, 0.3) is 5.91 Å². The van der Waals surface area contributed by atoms with E-state index in [9.17, 15) is 9.59 Å². The molecule has 0 bridgehead atoms. The first-order valence-corrected chi connectivity index (χ1v) is 6.49. The first-order chi connectivity index (χ1) is 10.2. The van der Waals surface area contributed by atoms with Gasteiger partial charge in [-0.1, -0.05) is 42.5 Å². The Hall–Kier alpha value is -2.82. The average molecular weight is 284 g/mol. The molecule has 5 heteroatoms. The second-order valence-corrected chi connectivity index (χ2v) is 4.41. The van der Waals surface area contributed by atoms with Crippen LogP contribution in [-0.4, -0.2) is 18.4 Å². The Balaban J connectivity index is 1.86. The monoisotopic (exact) mass is 284 g/mol. The van der Waals surface area contributed by atoms with Crippen molar-refractivity contribution in [1.82, 2.24) is 0 Å². The van der Waals surface area contributed by atoms with Gasteiger partial charge in [-0.3, -0.25) is 9.59 Å². The Morgan fingerprint density at radius 3 is 2.38 bits per heavy atom.